The van der Waals surface area contributed by atoms with Gasteiger partial charge < -0.3 is 0 Å². The number of benzene rings is 1. The molecule has 3 nitrogen and oxygen atoms in total. The fourth-order valence-corrected chi connectivity index (χ4v) is 3.22. The Hall–Kier alpha value is -0.580. The molecule has 1 aromatic rings. The van der Waals surface area contributed by atoms with Crippen LogP contribution < -0.4 is 0 Å². The minimum atomic E-state index is -3.41. The van der Waals surface area contributed by atoms with E-state index in [1.165, 1.54) is 4.31 Å². The van der Waals surface area contributed by atoms with Crippen molar-refractivity contribution in [2.75, 3.05) is 13.6 Å². The van der Waals surface area contributed by atoms with Gasteiger partial charge in [0.2, 0.25) is 10.0 Å². The van der Waals surface area contributed by atoms with Crippen molar-refractivity contribution in [2.45, 2.75) is 37.5 Å². The van der Waals surface area contributed by atoms with Gasteiger partial charge in [0.15, 0.2) is 0 Å². The molecular weight excluding hydrogens is 270 g/mol. The van der Waals surface area contributed by atoms with Gasteiger partial charge in [-0.25, -0.2) is 12.7 Å². The average molecular weight is 290 g/mol. The van der Waals surface area contributed by atoms with E-state index in [1.807, 2.05) is 32.9 Å². The molecule has 0 N–H and O–H groups in total. The van der Waals surface area contributed by atoms with E-state index in [4.69, 9.17) is 11.6 Å². The van der Waals surface area contributed by atoms with Crippen LogP contribution in [0.2, 0.25) is 0 Å². The fraction of sp³-hybridized carbons (Fsp3) is 0.538. The molecule has 1 atom stereocenters. The lowest BCUT2D eigenvalue weighted by atomic mass is 10.2. The standard InChI is InChI=1S/C13H20ClNO2S/c1-10-5-6-13(11(2)9-10)18(16,17)15(4)8-7-12(3)14/h5-6,9,12H,7-8H2,1-4H3. The number of aryl methyl sites for hydroxylation is 2. The zero-order valence-electron chi connectivity index (χ0n) is 11.3. The van der Waals surface area contributed by atoms with Crippen LogP contribution in [0.5, 0.6) is 0 Å². The van der Waals surface area contributed by atoms with Crippen molar-refractivity contribution in [3.05, 3.63) is 29.3 Å². The van der Waals surface area contributed by atoms with Crippen molar-refractivity contribution in [1.29, 1.82) is 0 Å². The van der Waals surface area contributed by atoms with Gasteiger partial charge in [-0.05, 0) is 38.8 Å². The van der Waals surface area contributed by atoms with Crippen molar-refractivity contribution < 1.29 is 8.42 Å². The van der Waals surface area contributed by atoms with Crippen molar-refractivity contribution in [3.8, 4) is 0 Å². The second-order valence-corrected chi connectivity index (χ2v) is 7.42. The molecular formula is C13H20ClNO2S. The molecule has 0 saturated heterocycles. The highest BCUT2D eigenvalue weighted by Crippen LogP contribution is 2.20. The summed E-state index contributed by atoms with van der Waals surface area (Å²) in [5.74, 6) is 0. The molecule has 1 aromatic carbocycles. The predicted molar refractivity (Wildman–Crippen MR) is 75.7 cm³/mol. The molecule has 102 valence electrons. The highest BCUT2D eigenvalue weighted by Gasteiger charge is 2.22. The molecule has 1 rings (SSSR count). The van der Waals surface area contributed by atoms with Crippen LogP contribution in [0, 0.1) is 13.8 Å². The second kappa shape index (κ2) is 6.04. The van der Waals surface area contributed by atoms with E-state index in [0.717, 1.165) is 11.1 Å². The normalized spacial score (nSPS) is 13.9. The third-order valence-corrected chi connectivity index (χ3v) is 5.10. The van der Waals surface area contributed by atoms with Crippen LogP contribution in [-0.2, 0) is 10.0 Å². The van der Waals surface area contributed by atoms with E-state index in [2.05, 4.69) is 0 Å². The number of rotatable bonds is 5. The van der Waals surface area contributed by atoms with E-state index < -0.39 is 10.0 Å². The van der Waals surface area contributed by atoms with Crippen molar-refractivity contribution in [1.82, 2.24) is 4.31 Å². The van der Waals surface area contributed by atoms with Gasteiger partial charge in [-0.2, -0.15) is 0 Å². The summed E-state index contributed by atoms with van der Waals surface area (Å²) in [6.07, 6.45) is 0.641. The second-order valence-electron chi connectivity index (χ2n) is 4.66. The Morgan fingerprint density at radius 1 is 1.33 bits per heavy atom. The number of sulfonamides is 1. The summed E-state index contributed by atoms with van der Waals surface area (Å²) < 4.78 is 26.1. The molecule has 0 aliphatic carbocycles. The highest BCUT2D eigenvalue weighted by molar-refractivity contribution is 7.89. The molecule has 0 heterocycles. The van der Waals surface area contributed by atoms with E-state index in [9.17, 15) is 8.42 Å². The molecule has 1 unspecified atom stereocenters. The SMILES string of the molecule is Cc1ccc(S(=O)(=O)N(C)CCC(C)Cl)c(C)c1. The van der Waals surface area contributed by atoms with Crippen molar-refractivity contribution in [2.24, 2.45) is 0 Å². The third kappa shape index (κ3) is 3.70. The van der Waals surface area contributed by atoms with Gasteiger partial charge >= 0.3 is 0 Å². The first-order chi connectivity index (χ1) is 8.25. The summed E-state index contributed by atoms with van der Waals surface area (Å²) in [5.41, 5.74) is 1.84. The van der Waals surface area contributed by atoms with Crippen LogP contribution in [0.4, 0.5) is 0 Å². The number of halogens is 1. The molecule has 0 spiro atoms. The summed E-state index contributed by atoms with van der Waals surface area (Å²) >= 11 is 5.85. The lowest BCUT2D eigenvalue weighted by molar-refractivity contribution is 0.460. The Morgan fingerprint density at radius 3 is 2.44 bits per heavy atom. The van der Waals surface area contributed by atoms with Crippen LogP contribution in [0.25, 0.3) is 0 Å². The summed E-state index contributed by atoms with van der Waals surface area (Å²) in [7, 11) is -1.82. The fourth-order valence-electron chi connectivity index (χ4n) is 1.74. The number of alkyl halides is 1. The summed E-state index contributed by atoms with van der Waals surface area (Å²) in [4.78, 5) is 0.373. The number of hydrogen-bond acceptors (Lipinski definition) is 2. The molecule has 0 bridgehead atoms. The van der Waals surface area contributed by atoms with Crippen molar-refractivity contribution >= 4 is 21.6 Å². The van der Waals surface area contributed by atoms with E-state index in [0.29, 0.717) is 17.9 Å². The number of hydrogen-bond donors (Lipinski definition) is 0. The highest BCUT2D eigenvalue weighted by atomic mass is 35.5. The van der Waals surface area contributed by atoms with Crippen LogP contribution >= 0.6 is 11.6 Å². The molecule has 5 heteroatoms. The number of nitrogens with zero attached hydrogens (tertiary/aromatic N) is 1. The van der Waals surface area contributed by atoms with E-state index >= 15 is 0 Å². The Balaban J connectivity index is 2.98. The Kier molecular flexibility index (Phi) is 5.20. The maximum absolute atomic E-state index is 12.4. The van der Waals surface area contributed by atoms with Gasteiger partial charge in [0.1, 0.15) is 0 Å². The molecule has 0 saturated carbocycles. The van der Waals surface area contributed by atoms with E-state index in [-0.39, 0.29) is 5.38 Å². The molecule has 0 aliphatic heterocycles. The zero-order valence-corrected chi connectivity index (χ0v) is 12.8. The van der Waals surface area contributed by atoms with Gasteiger partial charge in [0.25, 0.3) is 0 Å². The van der Waals surface area contributed by atoms with Crippen LogP contribution in [0.15, 0.2) is 23.1 Å². The van der Waals surface area contributed by atoms with Gasteiger partial charge in [-0.3, -0.25) is 0 Å². The smallest absolute Gasteiger partial charge is 0.207 e. The van der Waals surface area contributed by atoms with Gasteiger partial charge in [0.05, 0.1) is 4.90 Å². The average Bonchev–Trinajstić information content (AvgIpc) is 2.24. The van der Waals surface area contributed by atoms with Crippen molar-refractivity contribution in [3.63, 3.8) is 0 Å². The van der Waals surface area contributed by atoms with Crippen LogP contribution in [0.1, 0.15) is 24.5 Å². The first-order valence-corrected chi connectivity index (χ1v) is 7.80. The maximum Gasteiger partial charge on any atom is 0.243 e. The Morgan fingerprint density at radius 2 is 1.94 bits per heavy atom. The first kappa shape index (κ1) is 15.5. The Labute approximate surface area is 115 Å². The zero-order chi connectivity index (χ0) is 13.9. The van der Waals surface area contributed by atoms with Crippen LogP contribution in [0.3, 0.4) is 0 Å². The Bertz CT molecular complexity index is 512. The molecule has 18 heavy (non-hydrogen) atoms. The minimum absolute atomic E-state index is 0.0261. The largest absolute Gasteiger partial charge is 0.243 e. The topological polar surface area (TPSA) is 37.4 Å². The van der Waals surface area contributed by atoms with Gasteiger partial charge in [0, 0.05) is 19.0 Å². The maximum atomic E-state index is 12.4. The first-order valence-electron chi connectivity index (χ1n) is 5.93. The third-order valence-electron chi connectivity index (χ3n) is 2.86. The monoisotopic (exact) mass is 289 g/mol. The summed E-state index contributed by atoms with van der Waals surface area (Å²) in [6.45, 7) is 6.06. The van der Waals surface area contributed by atoms with Crippen LogP contribution in [-0.4, -0.2) is 31.7 Å². The lowest BCUT2D eigenvalue weighted by Gasteiger charge is -2.19. The minimum Gasteiger partial charge on any atom is -0.207 e. The summed E-state index contributed by atoms with van der Waals surface area (Å²) in [6, 6.07) is 5.36. The van der Waals surface area contributed by atoms with Gasteiger partial charge in [-0.1, -0.05) is 17.7 Å². The molecule has 0 aromatic heterocycles. The summed E-state index contributed by atoms with van der Waals surface area (Å²) in [5, 5.41) is -0.0261. The lowest BCUT2D eigenvalue weighted by Crippen LogP contribution is -2.29. The predicted octanol–water partition coefficient (Wildman–Crippen LogP) is 2.94. The molecule has 0 aliphatic rings. The quantitative estimate of drug-likeness (QED) is 0.782. The molecule has 0 radical (unpaired) electrons. The van der Waals surface area contributed by atoms with E-state index in [1.54, 1.807) is 13.1 Å². The molecule has 0 amide bonds. The molecule has 0 fully saturated rings. The van der Waals surface area contributed by atoms with Gasteiger partial charge in [-0.15, -0.1) is 11.6 Å².